The number of piperazine rings is 1. The topological polar surface area (TPSA) is 69.7 Å². The molecule has 1 unspecified atom stereocenters. The third kappa shape index (κ3) is 5.81. The van der Waals surface area contributed by atoms with Crippen molar-refractivity contribution in [2.24, 2.45) is 0 Å². The minimum Gasteiger partial charge on any atom is -0.336 e. The predicted molar refractivity (Wildman–Crippen MR) is 117 cm³/mol. The van der Waals surface area contributed by atoms with Gasteiger partial charge in [-0.25, -0.2) is 13.2 Å². The molecule has 29 heavy (non-hydrogen) atoms. The van der Waals surface area contributed by atoms with Crippen LogP contribution < -0.4 is 5.32 Å². The Balaban J connectivity index is 1.48. The summed E-state index contributed by atoms with van der Waals surface area (Å²) < 4.78 is 27.8. The highest BCUT2D eigenvalue weighted by molar-refractivity contribution is 9.10. The summed E-state index contributed by atoms with van der Waals surface area (Å²) in [7, 11) is -3.54. The van der Waals surface area contributed by atoms with Gasteiger partial charge in [0.2, 0.25) is 10.0 Å². The van der Waals surface area contributed by atoms with Crippen LogP contribution in [0.3, 0.4) is 0 Å². The van der Waals surface area contributed by atoms with E-state index in [0.29, 0.717) is 26.2 Å². The summed E-state index contributed by atoms with van der Waals surface area (Å²) >= 11 is 3.32. The summed E-state index contributed by atoms with van der Waals surface area (Å²) in [6.45, 7) is 3.35. The van der Waals surface area contributed by atoms with Crippen molar-refractivity contribution in [3.63, 3.8) is 0 Å². The molecule has 0 radical (unpaired) electrons. The number of hydrogen-bond donors (Lipinski definition) is 1. The molecule has 8 heteroatoms. The van der Waals surface area contributed by atoms with Crippen molar-refractivity contribution >= 4 is 32.0 Å². The minimum absolute atomic E-state index is 0.0484. The molecule has 1 fully saturated rings. The van der Waals surface area contributed by atoms with E-state index in [1.807, 2.05) is 25.1 Å². The number of halogens is 1. The zero-order valence-electron chi connectivity index (χ0n) is 16.4. The van der Waals surface area contributed by atoms with E-state index in [1.165, 1.54) is 9.87 Å². The van der Waals surface area contributed by atoms with Crippen LogP contribution in [0.4, 0.5) is 4.79 Å². The summed E-state index contributed by atoms with van der Waals surface area (Å²) in [6, 6.07) is 16.7. The monoisotopic (exact) mass is 479 g/mol. The highest BCUT2D eigenvalue weighted by Gasteiger charge is 2.30. The number of hydrogen-bond acceptors (Lipinski definition) is 3. The van der Waals surface area contributed by atoms with Crippen molar-refractivity contribution in [3.8, 4) is 0 Å². The maximum Gasteiger partial charge on any atom is 0.317 e. The first-order chi connectivity index (χ1) is 13.9. The fourth-order valence-corrected chi connectivity index (χ4v) is 4.98. The number of nitrogens with one attached hydrogen (secondary N) is 1. The normalized spacial score (nSPS) is 16.4. The summed E-state index contributed by atoms with van der Waals surface area (Å²) in [5, 5.41) is 3.03. The minimum atomic E-state index is -3.54. The molecule has 3 rings (SSSR count). The van der Waals surface area contributed by atoms with Crippen molar-refractivity contribution < 1.29 is 13.2 Å². The summed E-state index contributed by atoms with van der Waals surface area (Å²) in [5.41, 5.74) is 1.25. The maximum absolute atomic E-state index is 12.8. The Labute approximate surface area is 181 Å². The molecule has 1 saturated heterocycles. The van der Waals surface area contributed by atoms with Crippen molar-refractivity contribution in [2.75, 3.05) is 26.2 Å². The number of carbonyl (C=O) groups excluding carboxylic acids is 1. The maximum atomic E-state index is 12.8. The molecule has 0 saturated carbocycles. The molecule has 0 spiro atoms. The van der Waals surface area contributed by atoms with Crippen molar-refractivity contribution in [1.82, 2.24) is 14.5 Å². The highest BCUT2D eigenvalue weighted by atomic mass is 79.9. The lowest BCUT2D eigenvalue weighted by Crippen LogP contribution is -2.54. The van der Waals surface area contributed by atoms with Gasteiger partial charge in [0.05, 0.1) is 4.90 Å². The molecule has 1 aliphatic heterocycles. The van der Waals surface area contributed by atoms with Crippen LogP contribution in [0.25, 0.3) is 0 Å². The summed E-state index contributed by atoms with van der Waals surface area (Å²) in [4.78, 5) is 14.5. The van der Waals surface area contributed by atoms with Crippen LogP contribution in [-0.4, -0.2) is 55.9 Å². The fraction of sp³-hybridized carbons (Fsp3) is 0.381. The van der Waals surface area contributed by atoms with Gasteiger partial charge in [-0.15, -0.1) is 0 Å². The Bertz CT molecular complexity index is 912. The molecule has 1 heterocycles. The van der Waals surface area contributed by atoms with Gasteiger partial charge in [-0.1, -0.05) is 46.3 Å². The Morgan fingerprint density at radius 3 is 2.28 bits per heavy atom. The number of carbonyl (C=O) groups is 1. The number of aryl methyl sites for hydroxylation is 1. The van der Waals surface area contributed by atoms with Gasteiger partial charge in [0.1, 0.15) is 0 Å². The lowest BCUT2D eigenvalue weighted by Gasteiger charge is -2.34. The smallest absolute Gasteiger partial charge is 0.317 e. The van der Waals surface area contributed by atoms with Crippen LogP contribution in [0.5, 0.6) is 0 Å². The van der Waals surface area contributed by atoms with Gasteiger partial charge >= 0.3 is 6.03 Å². The second-order valence-electron chi connectivity index (χ2n) is 7.22. The quantitative estimate of drug-likeness (QED) is 0.689. The zero-order valence-corrected chi connectivity index (χ0v) is 18.8. The molecule has 0 aromatic heterocycles. The number of amides is 2. The molecule has 6 nitrogen and oxygen atoms in total. The molecule has 1 N–H and O–H groups in total. The van der Waals surface area contributed by atoms with Crippen LogP contribution in [0, 0.1) is 0 Å². The van der Waals surface area contributed by atoms with Crippen LogP contribution in [0.15, 0.2) is 64.0 Å². The molecule has 156 valence electrons. The van der Waals surface area contributed by atoms with Crippen molar-refractivity contribution in [1.29, 1.82) is 0 Å². The number of nitrogens with zero attached hydrogens (tertiary/aromatic N) is 2. The van der Waals surface area contributed by atoms with Crippen LogP contribution >= 0.6 is 15.9 Å². The summed E-state index contributed by atoms with van der Waals surface area (Å²) in [6.07, 6.45) is 1.76. The largest absolute Gasteiger partial charge is 0.336 e. The molecule has 2 aromatic rings. The molecule has 2 amide bonds. The van der Waals surface area contributed by atoms with E-state index >= 15 is 0 Å². The summed E-state index contributed by atoms with van der Waals surface area (Å²) in [5.74, 6) is 0. The van der Waals surface area contributed by atoms with Gasteiger partial charge in [-0.3, -0.25) is 0 Å². The highest BCUT2D eigenvalue weighted by Crippen LogP contribution is 2.20. The standard InChI is InChI=1S/C21H26BrN3O3S/c1-17(7-8-18-5-3-2-4-6-18)23-21(26)24-13-15-25(16-14-24)29(27,28)20-11-9-19(22)10-12-20/h2-6,9-12,17H,7-8,13-16H2,1H3,(H,23,26). The van der Waals surface area contributed by atoms with E-state index in [4.69, 9.17) is 0 Å². The molecule has 1 atom stereocenters. The van der Waals surface area contributed by atoms with Crippen LogP contribution in [0.1, 0.15) is 18.9 Å². The molecule has 0 aliphatic carbocycles. The third-order valence-electron chi connectivity index (χ3n) is 5.06. The molecular weight excluding hydrogens is 454 g/mol. The van der Waals surface area contributed by atoms with E-state index in [-0.39, 0.29) is 17.0 Å². The van der Waals surface area contributed by atoms with Gasteiger partial charge in [0, 0.05) is 36.7 Å². The molecular formula is C21H26BrN3O3S. The first-order valence-corrected chi connectivity index (χ1v) is 11.9. The Hall–Kier alpha value is -1.90. The lowest BCUT2D eigenvalue weighted by molar-refractivity contribution is 0.169. The Morgan fingerprint density at radius 2 is 1.66 bits per heavy atom. The van der Waals surface area contributed by atoms with Crippen molar-refractivity contribution in [2.45, 2.75) is 30.7 Å². The average Bonchev–Trinajstić information content (AvgIpc) is 2.73. The van der Waals surface area contributed by atoms with Gasteiger partial charge in [-0.2, -0.15) is 4.31 Å². The number of rotatable bonds is 6. The second kappa shape index (κ2) is 9.73. The third-order valence-corrected chi connectivity index (χ3v) is 7.50. The predicted octanol–water partition coefficient (Wildman–Crippen LogP) is 3.49. The number of urea groups is 1. The van der Waals surface area contributed by atoms with E-state index in [9.17, 15) is 13.2 Å². The van der Waals surface area contributed by atoms with Crippen LogP contribution in [-0.2, 0) is 16.4 Å². The van der Waals surface area contributed by atoms with Gasteiger partial charge in [0.15, 0.2) is 0 Å². The van der Waals surface area contributed by atoms with Gasteiger partial charge in [-0.05, 0) is 49.6 Å². The second-order valence-corrected chi connectivity index (χ2v) is 10.1. The first-order valence-electron chi connectivity index (χ1n) is 9.71. The molecule has 0 bridgehead atoms. The molecule has 1 aliphatic rings. The van der Waals surface area contributed by atoms with Gasteiger partial charge < -0.3 is 10.2 Å². The van der Waals surface area contributed by atoms with E-state index in [1.54, 1.807) is 29.2 Å². The van der Waals surface area contributed by atoms with E-state index in [2.05, 4.69) is 33.4 Å². The Morgan fingerprint density at radius 1 is 1.03 bits per heavy atom. The average molecular weight is 480 g/mol. The molecule has 2 aromatic carbocycles. The fourth-order valence-electron chi connectivity index (χ4n) is 3.29. The van der Waals surface area contributed by atoms with Gasteiger partial charge in [0.25, 0.3) is 0 Å². The van der Waals surface area contributed by atoms with Crippen LogP contribution in [0.2, 0.25) is 0 Å². The number of sulfonamides is 1. The lowest BCUT2D eigenvalue weighted by atomic mass is 10.1. The van der Waals surface area contributed by atoms with E-state index < -0.39 is 10.0 Å². The SMILES string of the molecule is CC(CCc1ccccc1)NC(=O)N1CCN(S(=O)(=O)c2ccc(Br)cc2)CC1. The zero-order chi connectivity index (χ0) is 20.9. The van der Waals surface area contributed by atoms with Crippen molar-refractivity contribution in [3.05, 3.63) is 64.6 Å². The number of benzene rings is 2. The Kier molecular flexibility index (Phi) is 7.32. The van der Waals surface area contributed by atoms with E-state index in [0.717, 1.165) is 17.3 Å². The first kappa shape index (κ1) is 21.8.